The van der Waals surface area contributed by atoms with E-state index in [4.69, 9.17) is 5.11 Å². The van der Waals surface area contributed by atoms with Crippen LogP contribution in [0, 0.1) is 0 Å². The van der Waals surface area contributed by atoms with E-state index >= 15 is 0 Å². The molecule has 0 unspecified atom stereocenters. The first-order chi connectivity index (χ1) is 8.16. The van der Waals surface area contributed by atoms with E-state index in [9.17, 15) is 9.59 Å². The predicted octanol–water partition coefficient (Wildman–Crippen LogP) is 0.176. The van der Waals surface area contributed by atoms with Crippen molar-refractivity contribution in [3.63, 3.8) is 0 Å². The molecule has 1 aliphatic rings. The van der Waals surface area contributed by atoms with Crippen LogP contribution < -0.4 is 5.32 Å². The normalized spacial score (nSPS) is 20.2. The zero-order valence-electron chi connectivity index (χ0n) is 9.26. The van der Waals surface area contributed by atoms with Gasteiger partial charge < -0.3 is 15.3 Å². The highest BCUT2D eigenvalue weighted by Gasteiger charge is 2.27. The van der Waals surface area contributed by atoms with Gasteiger partial charge in [-0.3, -0.25) is 9.59 Å². The van der Waals surface area contributed by atoms with Crippen molar-refractivity contribution in [1.29, 1.82) is 0 Å². The van der Waals surface area contributed by atoms with Gasteiger partial charge in [0, 0.05) is 19.6 Å². The Bertz CT molecular complexity index is 405. The highest BCUT2D eigenvalue weighted by atomic mass is 32.1. The third-order valence-corrected chi connectivity index (χ3v) is 3.49. The molecule has 0 spiro atoms. The number of thiophene rings is 1. The van der Waals surface area contributed by atoms with E-state index < -0.39 is 12.0 Å². The van der Waals surface area contributed by atoms with Gasteiger partial charge in [0.2, 0.25) is 5.91 Å². The number of carboxylic acids is 1. The lowest BCUT2D eigenvalue weighted by Gasteiger charge is -2.31. The summed E-state index contributed by atoms with van der Waals surface area (Å²) in [5.74, 6) is -0.908. The predicted molar refractivity (Wildman–Crippen MR) is 64.0 cm³/mol. The molecule has 0 saturated carbocycles. The maximum atomic E-state index is 11.9. The van der Waals surface area contributed by atoms with Gasteiger partial charge >= 0.3 is 5.97 Å². The van der Waals surface area contributed by atoms with Crippen molar-refractivity contribution < 1.29 is 14.7 Å². The largest absolute Gasteiger partial charge is 0.480 e. The fourth-order valence-corrected chi connectivity index (χ4v) is 2.49. The molecule has 2 heterocycles. The third kappa shape index (κ3) is 3.04. The lowest BCUT2D eigenvalue weighted by Crippen LogP contribution is -2.56. The lowest BCUT2D eigenvalue weighted by molar-refractivity contribution is -0.142. The van der Waals surface area contributed by atoms with E-state index in [0.29, 0.717) is 19.5 Å². The molecule has 0 radical (unpaired) electrons. The van der Waals surface area contributed by atoms with E-state index in [1.54, 1.807) is 16.2 Å². The maximum absolute atomic E-state index is 11.9. The first-order valence-electron chi connectivity index (χ1n) is 5.42. The van der Waals surface area contributed by atoms with Crippen LogP contribution in [0.1, 0.15) is 5.56 Å². The van der Waals surface area contributed by atoms with Crippen LogP contribution in [0.15, 0.2) is 16.8 Å². The summed E-state index contributed by atoms with van der Waals surface area (Å²) < 4.78 is 0. The van der Waals surface area contributed by atoms with E-state index in [1.165, 1.54) is 0 Å². The van der Waals surface area contributed by atoms with Gasteiger partial charge in [0.15, 0.2) is 0 Å². The highest BCUT2D eigenvalue weighted by molar-refractivity contribution is 7.07. The van der Waals surface area contributed by atoms with Crippen LogP contribution in [-0.4, -0.2) is 47.6 Å². The smallest absolute Gasteiger partial charge is 0.322 e. The summed E-state index contributed by atoms with van der Waals surface area (Å²) in [6.07, 6.45) is 0.357. The number of carbonyl (C=O) groups is 2. The number of hydrogen-bond donors (Lipinski definition) is 2. The summed E-state index contributed by atoms with van der Waals surface area (Å²) in [6.45, 7) is 1.36. The summed E-state index contributed by atoms with van der Waals surface area (Å²) in [5, 5.41) is 15.6. The lowest BCUT2D eigenvalue weighted by atomic mass is 10.1. The summed E-state index contributed by atoms with van der Waals surface area (Å²) in [7, 11) is 0. The van der Waals surface area contributed by atoms with Gasteiger partial charge in [0.25, 0.3) is 0 Å². The molecule has 6 heteroatoms. The molecule has 92 valence electrons. The molecular formula is C11H14N2O3S. The summed E-state index contributed by atoms with van der Waals surface area (Å²) in [6, 6.07) is 1.27. The Labute approximate surface area is 103 Å². The minimum Gasteiger partial charge on any atom is -0.480 e. The molecule has 17 heavy (non-hydrogen) atoms. The fourth-order valence-electron chi connectivity index (χ4n) is 1.82. The Morgan fingerprint density at radius 1 is 1.59 bits per heavy atom. The number of rotatable bonds is 3. The van der Waals surface area contributed by atoms with Gasteiger partial charge in [0.05, 0.1) is 6.42 Å². The number of piperazine rings is 1. The minimum absolute atomic E-state index is 0.00356. The van der Waals surface area contributed by atoms with Gasteiger partial charge in [-0.2, -0.15) is 11.3 Å². The molecule has 2 N–H and O–H groups in total. The topological polar surface area (TPSA) is 69.6 Å². The van der Waals surface area contributed by atoms with Gasteiger partial charge in [-0.1, -0.05) is 0 Å². The van der Waals surface area contributed by atoms with Crippen LogP contribution >= 0.6 is 11.3 Å². The van der Waals surface area contributed by atoms with Crippen molar-refractivity contribution >= 4 is 23.2 Å². The summed E-state index contributed by atoms with van der Waals surface area (Å²) >= 11 is 1.56. The molecule has 1 aliphatic heterocycles. The molecule has 1 amide bonds. The number of aliphatic carboxylic acids is 1. The van der Waals surface area contributed by atoms with Crippen LogP contribution in [0.5, 0.6) is 0 Å². The Kier molecular flexibility index (Phi) is 3.75. The van der Waals surface area contributed by atoms with Gasteiger partial charge in [-0.25, -0.2) is 0 Å². The van der Waals surface area contributed by atoms with E-state index in [-0.39, 0.29) is 12.5 Å². The number of carboxylic acid groups (broad SMARTS) is 1. The average Bonchev–Trinajstić information content (AvgIpc) is 2.82. The second kappa shape index (κ2) is 5.29. The number of carbonyl (C=O) groups excluding carboxylic acids is 1. The molecule has 1 saturated heterocycles. The molecule has 0 aliphatic carbocycles. The summed E-state index contributed by atoms with van der Waals surface area (Å²) in [4.78, 5) is 24.4. The Hall–Kier alpha value is -1.40. The van der Waals surface area contributed by atoms with Crippen molar-refractivity contribution in [2.45, 2.75) is 12.5 Å². The maximum Gasteiger partial charge on any atom is 0.322 e. The summed E-state index contributed by atoms with van der Waals surface area (Å²) in [5.41, 5.74) is 0.991. The van der Waals surface area contributed by atoms with Crippen molar-refractivity contribution in [1.82, 2.24) is 10.2 Å². The van der Waals surface area contributed by atoms with Crippen LogP contribution in [0.3, 0.4) is 0 Å². The van der Waals surface area contributed by atoms with Crippen LogP contribution in [0.2, 0.25) is 0 Å². The minimum atomic E-state index is -0.905. The van der Waals surface area contributed by atoms with Crippen molar-refractivity contribution in [3.05, 3.63) is 22.4 Å². The second-order valence-corrected chi connectivity index (χ2v) is 4.77. The first-order valence-corrected chi connectivity index (χ1v) is 6.36. The molecule has 0 bridgehead atoms. The quantitative estimate of drug-likeness (QED) is 0.807. The van der Waals surface area contributed by atoms with Crippen molar-refractivity contribution in [2.75, 3.05) is 19.6 Å². The Balaban J connectivity index is 1.93. The van der Waals surface area contributed by atoms with Crippen molar-refractivity contribution in [2.24, 2.45) is 0 Å². The standard InChI is InChI=1S/C11H14N2O3S/c14-10(5-8-1-4-17-7-8)13-3-2-12-9(6-13)11(15)16/h1,4,7,9,12H,2-3,5-6H2,(H,15,16)/t9-/m1/s1. The SMILES string of the molecule is O=C(O)[C@H]1CN(C(=O)Cc2ccsc2)CCN1. The van der Waals surface area contributed by atoms with Gasteiger partial charge in [0.1, 0.15) is 6.04 Å². The first kappa shape index (κ1) is 12.1. The molecule has 1 aromatic heterocycles. The van der Waals surface area contributed by atoms with Gasteiger partial charge in [-0.15, -0.1) is 0 Å². The molecule has 0 aromatic carbocycles. The molecule has 1 atom stereocenters. The third-order valence-electron chi connectivity index (χ3n) is 2.76. The van der Waals surface area contributed by atoms with Crippen LogP contribution in [0.4, 0.5) is 0 Å². The Morgan fingerprint density at radius 2 is 2.41 bits per heavy atom. The number of nitrogens with one attached hydrogen (secondary N) is 1. The molecule has 1 fully saturated rings. The van der Waals surface area contributed by atoms with Gasteiger partial charge in [-0.05, 0) is 22.4 Å². The van der Waals surface area contributed by atoms with E-state index in [2.05, 4.69) is 5.32 Å². The average molecular weight is 254 g/mol. The zero-order valence-corrected chi connectivity index (χ0v) is 10.1. The monoisotopic (exact) mass is 254 g/mol. The second-order valence-electron chi connectivity index (χ2n) is 3.99. The molecule has 2 rings (SSSR count). The highest BCUT2D eigenvalue weighted by Crippen LogP contribution is 2.09. The van der Waals surface area contributed by atoms with Crippen LogP contribution in [-0.2, 0) is 16.0 Å². The number of hydrogen-bond acceptors (Lipinski definition) is 4. The zero-order chi connectivity index (χ0) is 12.3. The van der Waals surface area contributed by atoms with E-state index in [1.807, 2.05) is 16.8 Å². The van der Waals surface area contributed by atoms with Crippen molar-refractivity contribution in [3.8, 4) is 0 Å². The van der Waals surface area contributed by atoms with E-state index in [0.717, 1.165) is 5.56 Å². The molecule has 5 nitrogen and oxygen atoms in total. The number of nitrogens with zero attached hydrogens (tertiary/aromatic N) is 1. The van der Waals surface area contributed by atoms with Crippen LogP contribution in [0.25, 0.3) is 0 Å². The molecular weight excluding hydrogens is 240 g/mol. The molecule has 1 aromatic rings. The number of amides is 1. The fraction of sp³-hybridized carbons (Fsp3) is 0.455. The Morgan fingerprint density at radius 3 is 3.06 bits per heavy atom.